The summed E-state index contributed by atoms with van der Waals surface area (Å²) in [7, 11) is 1.95. The number of hydrogen-bond donors (Lipinski definition) is 2. The Bertz CT molecular complexity index is 4360. The third-order valence-electron chi connectivity index (χ3n) is 19.9. The number of anilines is 2. The maximum Gasteiger partial charge on any atom is 0.407 e. The van der Waals surface area contributed by atoms with Crippen LogP contribution in [0.15, 0.2) is 102 Å². The van der Waals surface area contributed by atoms with Crippen molar-refractivity contribution in [3.63, 3.8) is 0 Å². The van der Waals surface area contributed by atoms with Crippen molar-refractivity contribution in [1.29, 1.82) is 0 Å². The summed E-state index contributed by atoms with van der Waals surface area (Å²) in [5.74, 6) is 3.03. The van der Waals surface area contributed by atoms with Gasteiger partial charge in [0.05, 0.1) is 17.9 Å². The van der Waals surface area contributed by atoms with Crippen molar-refractivity contribution in [2.24, 2.45) is 30.7 Å². The summed E-state index contributed by atoms with van der Waals surface area (Å²) in [6.07, 6.45) is 12.2. The van der Waals surface area contributed by atoms with E-state index in [0.717, 1.165) is 182 Å². The van der Waals surface area contributed by atoms with E-state index in [0.29, 0.717) is 44.0 Å². The van der Waals surface area contributed by atoms with Crippen molar-refractivity contribution in [1.82, 2.24) is 69.5 Å². The molecule has 2 N–H and O–H groups in total. The van der Waals surface area contributed by atoms with Gasteiger partial charge >= 0.3 is 12.2 Å². The lowest BCUT2D eigenvalue weighted by Gasteiger charge is -2.28. The van der Waals surface area contributed by atoms with Crippen molar-refractivity contribution >= 4 is 102 Å². The Kier molecular flexibility index (Phi) is 16.4. The van der Waals surface area contributed by atoms with E-state index in [2.05, 4.69) is 78.8 Å². The molecule has 8 atom stereocenters. The number of amides is 2. The van der Waals surface area contributed by atoms with Crippen molar-refractivity contribution < 1.29 is 28.9 Å². The Labute approximate surface area is 553 Å². The van der Waals surface area contributed by atoms with E-state index in [1.807, 2.05) is 108 Å². The standard InChI is InChI=1S/C38H41N9O3S.C29H32IN7O3S/c1-23-21-51-36(41-23)38(22-40-37(48)50-20-25-9-5-4-6-10-25)28-14-15-46(19-29(28)38)31-17-39-34-33(26-12-13-30-27(24(26)2)18-45(3)43-30)44-47(35(34)42-31)32-11-7-8-16-49-32;1-18-16-41-27(32-18)29(17-36(28(38)39)14-19-7-3-2-4-8-19)20-10-11-35(15-21(20)29)22-13-31-24-25(30)34-37(26(24)33-22)23-9-5-6-12-40-23/h4-6,9-10,12-13,17-18,21,28-29,32H,7-8,11,14-16,19-20,22H2,1-3H3,(H,40,48);2-4,7-8,13,16,20-21,23H,5-6,9-12,14-15,17H2,1H3,(H,38,39)/t28-,29+,32?,38+;20-,21+,23?,29+/m11/s1. The van der Waals surface area contributed by atoms with Crippen LogP contribution in [0.5, 0.6) is 0 Å². The Balaban J connectivity index is 0.000000156. The molecule has 3 aromatic carbocycles. The van der Waals surface area contributed by atoms with Gasteiger partial charge in [-0.1, -0.05) is 66.7 Å². The summed E-state index contributed by atoms with van der Waals surface area (Å²) in [5.41, 5.74) is 10.4. The smallest absolute Gasteiger partial charge is 0.407 e. The SMILES string of the molecule is Cc1csc([C@@]2(CN(Cc3ccccc3)C(=O)O)[C@@H]3CCN(c4cnc5c(I)nn(C6CCCCO6)c5n4)C[C@@H]32)n1.Cc1csc([C@@]2(CNC(=O)OCc3ccccc3)[C@@H]3CCN(c4cnc5c(-c6ccc7nn(C)cc7c6C)nn(C6CCCCO6)c5n4)C[C@@H]32)n1. The highest BCUT2D eigenvalue weighted by Crippen LogP contribution is 2.65. The van der Waals surface area contributed by atoms with Gasteiger partial charge in [0.15, 0.2) is 27.5 Å². The molecule has 92 heavy (non-hydrogen) atoms. The topological polar surface area (TPSA) is 235 Å². The molecular weight excluding hydrogens is 1320 g/mol. The van der Waals surface area contributed by atoms with E-state index in [9.17, 15) is 14.7 Å². The first-order valence-corrected chi connectivity index (χ1v) is 34.8. The normalized spacial score (nSPS) is 24.2. The number of carbonyl (C=O) groups excluding carboxylic acids is 1. The van der Waals surface area contributed by atoms with Crippen LogP contribution in [0.2, 0.25) is 0 Å². The predicted molar refractivity (Wildman–Crippen MR) is 360 cm³/mol. The van der Waals surface area contributed by atoms with Crippen LogP contribution >= 0.6 is 45.3 Å². The molecule has 0 bridgehead atoms. The zero-order valence-electron chi connectivity index (χ0n) is 51.9. The van der Waals surface area contributed by atoms with Crippen LogP contribution < -0.4 is 15.1 Å². The average molecular weight is 1390 g/mol. The molecule has 2 unspecified atom stereocenters. The number of nitrogens with one attached hydrogen (secondary N) is 1. The van der Waals surface area contributed by atoms with Crippen molar-refractivity contribution in [2.75, 3.05) is 62.3 Å². The summed E-state index contributed by atoms with van der Waals surface area (Å²) >= 11 is 5.57. The largest absolute Gasteiger partial charge is 0.465 e. The van der Waals surface area contributed by atoms with E-state index in [-0.39, 0.29) is 35.8 Å². The van der Waals surface area contributed by atoms with Crippen molar-refractivity contribution in [3.05, 3.63) is 144 Å². The number of hydrogen-bond acceptors (Lipinski definition) is 18. The van der Waals surface area contributed by atoms with Crippen LogP contribution in [-0.4, -0.2) is 134 Å². The molecule has 4 saturated heterocycles. The molecule has 2 amide bonds. The molecule has 6 fully saturated rings. The second-order valence-electron chi connectivity index (χ2n) is 25.5. The molecule has 11 heterocycles. The number of nitrogens with zero attached hydrogens (tertiary/aromatic N) is 15. The van der Waals surface area contributed by atoms with Gasteiger partial charge in [0.1, 0.15) is 45.0 Å². The molecule has 0 radical (unpaired) electrons. The lowest BCUT2D eigenvalue weighted by molar-refractivity contribution is -0.0372. The highest BCUT2D eigenvalue weighted by atomic mass is 127. The van der Waals surface area contributed by atoms with Gasteiger partial charge in [0.25, 0.3) is 0 Å². The number of thiazole rings is 2. The van der Waals surface area contributed by atoms with Gasteiger partial charge in [-0.3, -0.25) is 4.68 Å². The number of ether oxygens (including phenoxy) is 3. The van der Waals surface area contributed by atoms with Crippen molar-refractivity contribution in [3.8, 4) is 11.3 Å². The summed E-state index contributed by atoms with van der Waals surface area (Å²) in [5, 5.41) is 35.3. The Morgan fingerprint density at radius 2 is 1.29 bits per heavy atom. The quantitative estimate of drug-likeness (QED) is 0.0908. The van der Waals surface area contributed by atoms with Crippen LogP contribution in [0.25, 0.3) is 44.5 Å². The predicted octanol–water partition coefficient (Wildman–Crippen LogP) is 11.9. The van der Waals surface area contributed by atoms with E-state index in [1.54, 1.807) is 27.6 Å². The zero-order chi connectivity index (χ0) is 62.8. The minimum Gasteiger partial charge on any atom is -0.465 e. The van der Waals surface area contributed by atoms with Gasteiger partial charge in [-0.2, -0.15) is 15.3 Å². The highest BCUT2D eigenvalue weighted by Gasteiger charge is 2.70. The zero-order valence-corrected chi connectivity index (χ0v) is 55.7. The lowest BCUT2D eigenvalue weighted by atomic mass is 10.0. The first kappa shape index (κ1) is 60.5. The maximum absolute atomic E-state index is 12.9. The second-order valence-corrected chi connectivity index (χ2v) is 28.3. The molecule has 0 spiro atoms. The second kappa shape index (κ2) is 25.0. The molecule has 476 valence electrons. The minimum absolute atomic E-state index is 0.110. The van der Waals surface area contributed by atoms with Gasteiger partial charge in [-0.15, -0.1) is 22.7 Å². The lowest BCUT2D eigenvalue weighted by Crippen LogP contribution is -2.38. The fourth-order valence-electron chi connectivity index (χ4n) is 15.2. The fraction of sp³-hybridized carbons (Fsp3) is 0.448. The molecule has 2 aliphatic carbocycles. The van der Waals surface area contributed by atoms with Crippen LogP contribution in [0.4, 0.5) is 21.2 Å². The monoisotopic (exact) mass is 1390 g/mol. The molecular formula is C67H73IN16O6S2. The molecule has 2 saturated carbocycles. The van der Waals surface area contributed by atoms with Crippen molar-refractivity contribution in [2.45, 2.75) is 109 Å². The molecule has 6 aliphatic rings. The number of alkyl carbamates (subject to hydrolysis) is 1. The minimum atomic E-state index is -0.897. The Morgan fingerprint density at radius 1 is 0.707 bits per heavy atom. The van der Waals surface area contributed by atoms with Gasteiger partial charge in [-0.05, 0) is 141 Å². The van der Waals surface area contributed by atoms with Crippen LogP contribution in [-0.2, 0) is 45.2 Å². The molecule has 4 aliphatic heterocycles. The third kappa shape index (κ3) is 11.3. The van der Waals surface area contributed by atoms with Crippen LogP contribution in [0.1, 0.15) is 102 Å². The number of benzene rings is 3. The Hall–Kier alpha value is -7.72. The highest BCUT2D eigenvalue weighted by molar-refractivity contribution is 14.1. The van der Waals surface area contributed by atoms with Gasteiger partial charge in [0, 0.05) is 116 Å². The number of rotatable bonds is 15. The number of piperidine rings is 2. The van der Waals surface area contributed by atoms with E-state index >= 15 is 0 Å². The van der Waals surface area contributed by atoms with E-state index < -0.39 is 12.2 Å². The first-order valence-electron chi connectivity index (χ1n) is 32.0. The Morgan fingerprint density at radius 3 is 1.90 bits per heavy atom. The summed E-state index contributed by atoms with van der Waals surface area (Å²) in [6.45, 7) is 12.4. The molecule has 7 aromatic heterocycles. The first-order chi connectivity index (χ1) is 44.8. The fourth-order valence-corrected chi connectivity index (χ4v) is 18.0. The molecule has 16 rings (SSSR count). The number of carbonyl (C=O) groups is 2. The number of aryl methyl sites for hydroxylation is 4. The number of fused-ring (bicyclic) bond motifs is 5. The number of aromatic nitrogens is 12. The van der Waals surface area contributed by atoms with Gasteiger partial charge < -0.3 is 39.3 Å². The van der Waals surface area contributed by atoms with Crippen LogP contribution in [0.3, 0.4) is 0 Å². The van der Waals surface area contributed by atoms with Gasteiger partial charge in [0.2, 0.25) is 0 Å². The maximum atomic E-state index is 12.9. The number of carboxylic acid groups (broad SMARTS) is 1. The third-order valence-corrected chi connectivity index (χ3v) is 23.0. The summed E-state index contributed by atoms with van der Waals surface area (Å²) < 4.78 is 24.4. The molecule has 25 heteroatoms. The number of halogens is 1. The van der Waals surface area contributed by atoms with Gasteiger partial charge in [-0.25, -0.2) is 48.9 Å². The summed E-state index contributed by atoms with van der Waals surface area (Å²) in [6, 6.07) is 23.7. The van der Waals surface area contributed by atoms with Crippen LogP contribution in [0, 0.1) is 48.1 Å². The molecule has 10 aromatic rings. The van der Waals surface area contributed by atoms with E-state index in [4.69, 9.17) is 54.3 Å². The van der Waals surface area contributed by atoms with E-state index in [1.165, 1.54) is 0 Å². The summed E-state index contributed by atoms with van der Waals surface area (Å²) in [4.78, 5) is 61.7. The average Bonchev–Trinajstić information content (AvgIpc) is 1.53. The molecule has 22 nitrogen and oxygen atoms in total.